The molecule has 1 aromatic rings. The molecule has 0 aromatic carbocycles. The van der Waals surface area contributed by atoms with E-state index < -0.39 is 0 Å². The van der Waals surface area contributed by atoms with Gasteiger partial charge in [-0.25, -0.2) is 0 Å². The number of amides is 2. The van der Waals surface area contributed by atoms with Crippen LogP contribution < -0.4 is 5.32 Å². The predicted molar refractivity (Wildman–Crippen MR) is 134 cm³/mol. The van der Waals surface area contributed by atoms with Crippen LogP contribution in [0.15, 0.2) is 24.0 Å². The number of pyridine rings is 1. The van der Waals surface area contributed by atoms with E-state index in [2.05, 4.69) is 38.0 Å². The van der Waals surface area contributed by atoms with Crippen LogP contribution in [0.5, 0.6) is 0 Å². The molecule has 0 radical (unpaired) electrons. The molecule has 0 saturated heterocycles. The number of aryl methyl sites for hydroxylation is 1. The third-order valence-corrected chi connectivity index (χ3v) is 6.43. The van der Waals surface area contributed by atoms with E-state index in [9.17, 15) is 9.59 Å². The molecule has 2 rings (SSSR count). The van der Waals surface area contributed by atoms with Gasteiger partial charge in [0.05, 0.1) is 0 Å². The number of nitrogens with zero attached hydrogens (tertiary/aromatic N) is 2. The number of hydrogen-bond donors (Lipinski definition) is 1. The molecule has 0 bridgehead atoms. The summed E-state index contributed by atoms with van der Waals surface area (Å²) in [4.78, 5) is 30.9. The Morgan fingerprint density at radius 1 is 1.31 bits per heavy atom. The van der Waals surface area contributed by atoms with Gasteiger partial charge in [0.15, 0.2) is 0 Å². The van der Waals surface area contributed by atoms with Crippen molar-refractivity contribution in [3.63, 3.8) is 0 Å². The first kappa shape index (κ1) is 27.9. The van der Waals surface area contributed by atoms with E-state index in [1.807, 2.05) is 51.8 Å². The molecule has 1 aliphatic carbocycles. The van der Waals surface area contributed by atoms with E-state index in [4.69, 9.17) is 0 Å². The Morgan fingerprint density at radius 3 is 2.53 bits per heavy atom. The van der Waals surface area contributed by atoms with Gasteiger partial charge in [-0.15, -0.1) is 0 Å². The number of hydrogen-bond acceptors (Lipinski definition) is 3. The molecule has 0 spiro atoms. The van der Waals surface area contributed by atoms with Crippen molar-refractivity contribution in [2.24, 2.45) is 16.7 Å². The fourth-order valence-corrected chi connectivity index (χ4v) is 4.02. The second kappa shape index (κ2) is 12.2. The number of aromatic nitrogens is 1. The van der Waals surface area contributed by atoms with Gasteiger partial charge in [0.1, 0.15) is 0 Å². The Balaban J connectivity index is 0.00000249. The summed E-state index contributed by atoms with van der Waals surface area (Å²) in [5, 5.41) is 3.11. The second-order valence-corrected chi connectivity index (χ2v) is 10.2. The van der Waals surface area contributed by atoms with Gasteiger partial charge in [-0.05, 0) is 66.7 Å². The number of rotatable bonds is 9. The minimum Gasteiger partial charge on any atom is -0.352 e. The van der Waals surface area contributed by atoms with Gasteiger partial charge >= 0.3 is 0 Å². The van der Waals surface area contributed by atoms with E-state index in [0.29, 0.717) is 24.5 Å². The summed E-state index contributed by atoms with van der Waals surface area (Å²) in [5.41, 5.74) is 3.04. The van der Waals surface area contributed by atoms with E-state index in [1.54, 1.807) is 12.4 Å². The van der Waals surface area contributed by atoms with E-state index >= 15 is 0 Å². The maximum atomic E-state index is 12.5. The highest BCUT2D eigenvalue weighted by atomic mass is 16.2. The monoisotopic (exact) mass is 443 g/mol. The van der Waals surface area contributed by atoms with Crippen molar-refractivity contribution in [3.05, 3.63) is 35.2 Å². The smallest absolute Gasteiger partial charge is 0.246 e. The van der Waals surface area contributed by atoms with Crippen molar-refractivity contribution in [1.29, 1.82) is 0 Å². The van der Waals surface area contributed by atoms with Crippen LogP contribution >= 0.6 is 0 Å². The molecule has 5 nitrogen and oxygen atoms in total. The molecule has 1 N–H and O–H groups in total. The van der Waals surface area contributed by atoms with E-state index in [1.165, 1.54) is 0 Å². The summed E-state index contributed by atoms with van der Waals surface area (Å²) < 4.78 is 0. The van der Waals surface area contributed by atoms with Crippen molar-refractivity contribution in [2.45, 2.75) is 81.1 Å². The van der Waals surface area contributed by atoms with Gasteiger partial charge in [-0.3, -0.25) is 14.6 Å². The fourth-order valence-electron chi connectivity index (χ4n) is 4.02. The minimum absolute atomic E-state index is 0.0138. The highest BCUT2D eigenvalue weighted by molar-refractivity contribution is 5.97. The molecule has 5 heteroatoms. The average molecular weight is 444 g/mol. The predicted octanol–water partition coefficient (Wildman–Crippen LogP) is 5.64. The zero-order valence-corrected chi connectivity index (χ0v) is 21.8. The molecule has 32 heavy (non-hydrogen) atoms. The normalized spacial score (nSPS) is 20.2. The lowest BCUT2D eigenvalue weighted by atomic mass is 9.91. The van der Waals surface area contributed by atoms with Crippen LogP contribution in [0.2, 0.25) is 0 Å². The van der Waals surface area contributed by atoms with Crippen LogP contribution in [0.1, 0.15) is 85.3 Å². The Kier molecular flexibility index (Phi) is 10.6. The molecule has 1 heterocycles. The molecule has 1 saturated carbocycles. The molecule has 1 aromatic heterocycles. The lowest BCUT2D eigenvalue weighted by Crippen LogP contribution is -2.33. The van der Waals surface area contributed by atoms with Gasteiger partial charge in [-0.1, -0.05) is 48.0 Å². The van der Waals surface area contributed by atoms with Gasteiger partial charge in [0.2, 0.25) is 11.8 Å². The quantitative estimate of drug-likeness (QED) is 0.503. The summed E-state index contributed by atoms with van der Waals surface area (Å²) in [7, 11) is 1.91. The maximum absolute atomic E-state index is 12.5. The molecule has 1 fully saturated rings. The summed E-state index contributed by atoms with van der Waals surface area (Å²) in [6.45, 7) is 17.8. The number of carbonyl (C=O) groups is 2. The fraction of sp³-hybridized carbons (Fsp3) is 0.667. The zero-order chi connectivity index (χ0) is 24.5. The standard InChI is InChI=1S/C25H39N3O2.C2H6/c1-8-25(10-12-28(7)22(29)15-24(4,5)6)14-21(25)17-27-23(30)19(3)13-20-16-26-11-9-18(20)2;1-2/h9,11,13,16,21H,8,10,12,14-15,17H2,1-7H3,(H,27,30);1-2H3/b19-13+;. The van der Waals surface area contributed by atoms with Crippen LogP contribution in [0.25, 0.3) is 6.08 Å². The van der Waals surface area contributed by atoms with Crippen LogP contribution in [-0.4, -0.2) is 41.8 Å². The van der Waals surface area contributed by atoms with Gasteiger partial charge in [-0.2, -0.15) is 0 Å². The zero-order valence-electron chi connectivity index (χ0n) is 21.8. The topological polar surface area (TPSA) is 62.3 Å². The lowest BCUT2D eigenvalue weighted by Gasteiger charge is -2.25. The van der Waals surface area contributed by atoms with Gasteiger partial charge < -0.3 is 10.2 Å². The van der Waals surface area contributed by atoms with Crippen LogP contribution in [0.4, 0.5) is 0 Å². The number of nitrogens with one attached hydrogen (secondary N) is 1. The Morgan fingerprint density at radius 2 is 1.97 bits per heavy atom. The lowest BCUT2D eigenvalue weighted by molar-refractivity contribution is -0.132. The summed E-state index contributed by atoms with van der Waals surface area (Å²) >= 11 is 0. The summed E-state index contributed by atoms with van der Waals surface area (Å²) in [6, 6.07) is 1.94. The maximum Gasteiger partial charge on any atom is 0.246 e. The first-order valence-corrected chi connectivity index (χ1v) is 12.1. The third-order valence-electron chi connectivity index (χ3n) is 6.43. The van der Waals surface area contributed by atoms with Crippen molar-refractivity contribution in [3.8, 4) is 0 Å². The highest BCUT2D eigenvalue weighted by Gasteiger charge is 2.51. The van der Waals surface area contributed by atoms with Crippen molar-refractivity contribution in [1.82, 2.24) is 15.2 Å². The first-order valence-electron chi connectivity index (χ1n) is 12.1. The molecular formula is C27H45N3O2. The summed E-state index contributed by atoms with van der Waals surface area (Å²) in [5.74, 6) is 0.684. The third kappa shape index (κ3) is 8.40. The minimum atomic E-state index is -0.0207. The molecular weight excluding hydrogens is 398 g/mol. The SMILES string of the molecule is CC.CCC1(CCN(C)C(=O)CC(C)(C)C)CC1CNC(=O)/C(C)=C/c1cnccc1C. The van der Waals surface area contributed by atoms with E-state index in [0.717, 1.165) is 36.9 Å². The van der Waals surface area contributed by atoms with E-state index in [-0.39, 0.29) is 22.6 Å². The van der Waals surface area contributed by atoms with Crippen molar-refractivity contribution in [2.75, 3.05) is 20.1 Å². The first-order chi connectivity index (χ1) is 15.0. The van der Waals surface area contributed by atoms with Gasteiger partial charge in [0.25, 0.3) is 0 Å². The van der Waals surface area contributed by atoms with Crippen molar-refractivity contribution >= 4 is 17.9 Å². The highest BCUT2D eigenvalue weighted by Crippen LogP contribution is 2.57. The van der Waals surface area contributed by atoms with Gasteiger partial charge in [0, 0.05) is 44.5 Å². The van der Waals surface area contributed by atoms with Crippen LogP contribution in [0.3, 0.4) is 0 Å². The molecule has 0 aliphatic heterocycles. The molecule has 1 aliphatic rings. The number of carbonyl (C=O) groups excluding carboxylic acids is 2. The Bertz CT molecular complexity index is 794. The largest absolute Gasteiger partial charge is 0.352 e. The van der Waals surface area contributed by atoms with Crippen molar-refractivity contribution < 1.29 is 9.59 Å². The molecule has 2 unspecified atom stereocenters. The molecule has 2 atom stereocenters. The Hall–Kier alpha value is -2.17. The van der Waals surface area contributed by atoms with Crippen LogP contribution in [-0.2, 0) is 9.59 Å². The molecule has 2 amide bonds. The average Bonchev–Trinajstić information content (AvgIpc) is 3.45. The van der Waals surface area contributed by atoms with Crippen LogP contribution in [0, 0.1) is 23.7 Å². The second-order valence-electron chi connectivity index (χ2n) is 10.2. The molecule has 180 valence electrons. The summed E-state index contributed by atoms with van der Waals surface area (Å²) in [6.07, 6.45) is 9.21. The Labute approximate surface area is 196 Å².